The summed E-state index contributed by atoms with van der Waals surface area (Å²) in [5.74, 6) is -1.24. The third-order valence-corrected chi connectivity index (χ3v) is 5.69. The lowest BCUT2D eigenvalue weighted by molar-refractivity contribution is -0.119. The summed E-state index contributed by atoms with van der Waals surface area (Å²) in [4.78, 5) is 23.9. The Morgan fingerprint density at radius 1 is 1.07 bits per heavy atom. The smallest absolute Gasteiger partial charge is 0.338 e. The number of carbonyl (C=O) groups is 2. The number of amides is 1. The van der Waals surface area contributed by atoms with Crippen molar-refractivity contribution in [2.45, 2.75) is 31.2 Å². The maximum atomic E-state index is 12.2. The number of sulfonamides is 1. The number of benzene rings is 2. The molecule has 150 valence electrons. The minimum atomic E-state index is -3.65. The average molecular weight is 425 g/mol. The summed E-state index contributed by atoms with van der Waals surface area (Å²) in [6, 6.07) is 11.6. The first-order valence-corrected chi connectivity index (χ1v) is 10.4. The van der Waals surface area contributed by atoms with Crippen molar-refractivity contribution in [3.63, 3.8) is 0 Å². The van der Waals surface area contributed by atoms with Crippen LogP contribution in [0.2, 0.25) is 5.02 Å². The first-order chi connectivity index (χ1) is 13.2. The second-order valence-corrected chi connectivity index (χ2v) is 8.24. The molecule has 0 bridgehead atoms. The summed E-state index contributed by atoms with van der Waals surface area (Å²) in [5.41, 5.74) is 0.663. The van der Waals surface area contributed by atoms with Gasteiger partial charge in [-0.15, -0.1) is 0 Å². The number of rotatable bonds is 8. The number of esters is 1. The molecule has 0 aliphatic rings. The lowest BCUT2D eigenvalue weighted by atomic mass is 10.2. The molecule has 2 rings (SSSR count). The molecule has 1 atom stereocenters. The number of nitrogens with one attached hydrogen (secondary N) is 2. The Bertz CT molecular complexity index is 928. The van der Waals surface area contributed by atoms with Crippen molar-refractivity contribution in [3.8, 4) is 0 Å². The van der Waals surface area contributed by atoms with Crippen LogP contribution in [0.4, 0.5) is 5.69 Å². The number of hydrogen-bond acceptors (Lipinski definition) is 5. The van der Waals surface area contributed by atoms with Crippen molar-refractivity contribution < 1.29 is 22.7 Å². The maximum absolute atomic E-state index is 12.2. The predicted octanol–water partition coefficient (Wildman–Crippen LogP) is 3.21. The second kappa shape index (κ2) is 9.68. The highest BCUT2D eigenvalue weighted by atomic mass is 35.5. The molecule has 0 aliphatic heterocycles. The molecule has 0 heterocycles. The molecule has 0 aliphatic carbocycles. The van der Waals surface area contributed by atoms with E-state index in [1.54, 1.807) is 31.2 Å². The van der Waals surface area contributed by atoms with Crippen molar-refractivity contribution >= 4 is 39.2 Å². The highest BCUT2D eigenvalue weighted by molar-refractivity contribution is 7.89. The van der Waals surface area contributed by atoms with E-state index in [0.717, 1.165) is 0 Å². The fraction of sp³-hybridized carbons (Fsp3) is 0.263. The van der Waals surface area contributed by atoms with Gasteiger partial charge in [-0.2, -0.15) is 0 Å². The monoisotopic (exact) mass is 424 g/mol. The molecule has 0 saturated heterocycles. The molecule has 0 spiro atoms. The van der Waals surface area contributed by atoms with Crippen LogP contribution in [0.1, 0.15) is 30.6 Å². The largest absolute Gasteiger partial charge is 0.452 e. The van der Waals surface area contributed by atoms with Gasteiger partial charge in [-0.05, 0) is 61.9 Å². The van der Waals surface area contributed by atoms with E-state index in [4.69, 9.17) is 16.3 Å². The van der Waals surface area contributed by atoms with Crippen LogP contribution in [0.3, 0.4) is 0 Å². The molecule has 2 aromatic carbocycles. The second-order valence-electron chi connectivity index (χ2n) is 6.09. The number of anilines is 1. The zero-order chi connectivity index (χ0) is 20.7. The lowest BCUT2D eigenvalue weighted by Crippen LogP contribution is -2.32. The van der Waals surface area contributed by atoms with Gasteiger partial charge in [0.15, 0.2) is 6.61 Å². The van der Waals surface area contributed by atoms with E-state index in [1.807, 2.05) is 6.92 Å². The van der Waals surface area contributed by atoms with Crippen LogP contribution < -0.4 is 10.0 Å². The molecule has 0 saturated carbocycles. The van der Waals surface area contributed by atoms with Crippen molar-refractivity contribution in [3.05, 3.63) is 59.1 Å². The fourth-order valence-corrected chi connectivity index (χ4v) is 3.58. The van der Waals surface area contributed by atoms with Gasteiger partial charge in [-0.25, -0.2) is 17.9 Å². The minimum absolute atomic E-state index is 0.0461. The van der Waals surface area contributed by atoms with Gasteiger partial charge in [-0.1, -0.05) is 18.5 Å². The summed E-state index contributed by atoms with van der Waals surface area (Å²) in [7, 11) is -3.65. The zero-order valence-corrected chi connectivity index (χ0v) is 17.0. The first kappa shape index (κ1) is 21.9. The van der Waals surface area contributed by atoms with Gasteiger partial charge in [0.05, 0.1) is 10.5 Å². The van der Waals surface area contributed by atoms with Crippen LogP contribution in [-0.4, -0.2) is 32.9 Å². The quantitative estimate of drug-likeness (QED) is 0.633. The highest BCUT2D eigenvalue weighted by Gasteiger charge is 2.17. The van der Waals surface area contributed by atoms with E-state index < -0.39 is 28.5 Å². The zero-order valence-electron chi connectivity index (χ0n) is 15.4. The van der Waals surface area contributed by atoms with E-state index in [1.165, 1.54) is 24.3 Å². The highest BCUT2D eigenvalue weighted by Crippen LogP contribution is 2.14. The van der Waals surface area contributed by atoms with E-state index in [0.29, 0.717) is 17.1 Å². The topological polar surface area (TPSA) is 102 Å². The van der Waals surface area contributed by atoms with Crippen LogP contribution in [0.15, 0.2) is 53.4 Å². The van der Waals surface area contributed by atoms with Gasteiger partial charge >= 0.3 is 5.97 Å². The van der Waals surface area contributed by atoms with Gasteiger partial charge in [0.25, 0.3) is 5.91 Å². The Kier molecular flexibility index (Phi) is 7.56. The first-order valence-electron chi connectivity index (χ1n) is 8.56. The Morgan fingerprint density at radius 2 is 1.68 bits per heavy atom. The molecule has 1 amide bonds. The number of carbonyl (C=O) groups excluding carboxylic acids is 2. The van der Waals surface area contributed by atoms with Crippen LogP contribution in [0, 0.1) is 0 Å². The molecule has 7 nitrogen and oxygen atoms in total. The summed E-state index contributed by atoms with van der Waals surface area (Å²) in [6.07, 6.45) is 0.654. The van der Waals surface area contributed by atoms with E-state index in [9.17, 15) is 18.0 Å². The SMILES string of the molecule is CCC(C)NS(=O)(=O)c1ccc(C(=O)OCC(=O)Nc2ccc(Cl)cc2)cc1. The van der Waals surface area contributed by atoms with Crippen LogP contribution in [-0.2, 0) is 19.6 Å². The molecule has 0 radical (unpaired) electrons. The summed E-state index contributed by atoms with van der Waals surface area (Å²) in [5, 5.41) is 3.10. The van der Waals surface area contributed by atoms with Crippen LogP contribution in [0.25, 0.3) is 0 Å². The van der Waals surface area contributed by atoms with Gasteiger partial charge in [0, 0.05) is 16.8 Å². The standard InChI is InChI=1S/C19H21ClN2O5S/c1-3-13(2)22-28(25,26)17-10-4-14(5-11-17)19(24)27-12-18(23)21-16-8-6-15(20)7-9-16/h4-11,13,22H,3,12H2,1-2H3,(H,21,23). The van der Waals surface area contributed by atoms with E-state index in [-0.39, 0.29) is 16.5 Å². The average Bonchev–Trinajstić information content (AvgIpc) is 2.67. The number of hydrogen-bond donors (Lipinski definition) is 2. The summed E-state index contributed by atoms with van der Waals surface area (Å²) < 4.78 is 31.9. The summed E-state index contributed by atoms with van der Waals surface area (Å²) >= 11 is 5.77. The molecular formula is C19H21ClN2O5S. The third kappa shape index (κ3) is 6.33. The van der Waals surface area contributed by atoms with Gasteiger partial charge in [-0.3, -0.25) is 4.79 Å². The van der Waals surface area contributed by atoms with E-state index >= 15 is 0 Å². The summed E-state index contributed by atoms with van der Waals surface area (Å²) in [6.45, 7) is 3.16. The predicted molar refractivity (Wildman–Crippen MR) is 107 cm³/mol. The van der Waals surface area contributed by atoms with Crippen molar-refractivity contribution in [2.75, 3.05) is 11.9 Å². The molecule has 0 aromatic heterocycles. The van der Waals surface area contributed by atoms with Crippen molar-refractivity contribution in [1.29, 1.82) is 0 Å². The number of halogens is 1. The van der Waals surface area contributed by atoms with Gasteiger partial charge < -0.3 is 10.1 Å². The van der Waals surface area contributed by atoms with Crippen LogP contribution >= 0.6 is 11.6 Å². The molecule has 28 heavy (non-hydrogen) atoms. The minimum Gasteiger partial charge on any atom is -0.452 e. The molecule has 0 fully saturated rings. The normalized spacial score (nSPS) is 12.2. The van der Waals surface area contributed by atoms with Crippen molar-refractivity contribution in [1.82, 2.24) is 4.72 Å². The molecular weight excluding hydrogens is 404 g/mol. The fourth-order valence-electron chi connectivity index (χ4n) is 2.13. The van der Waals surface area contributed by atoms with Crippen molar-refractivity contribution in [2.24, 2.45) is 0 Å². The molecule has 2 aromatic rings. The van der Waals surface area contributed by atoms with E-state index in [2.05, 4.69) is 10.0 Å². The van der Waals surface area contributed by atoms with Gasteiger partial charge in [0.1, 0.15) is 0 Å². The Hall–Kier alpha value is -2.42. The number of ether oxygens (including phenoxy) is 1. The Morgan fingerprint density at radius 3 is 2.25 bits per heavy atom. The Balaban J connectivity index is 1.92. The molecule has 1 unspecified atom stereocenters. The molecule has 9 heteroatoms. The molecule has 2 N–H and O–H groups in total. The third-order valence-electron chi connectivity index (χ3n) is 3.83. The lowest BCUT2D eigenvalue weighted by Gasteiger charge is -2.12. The van der Waals surface area contributed by atoms with Crippen LogP contribution in [0.5, 0.6) is 0 Å². The Labute approximate surface area is 169 Å². The van der Waals surface area contributed by atoms with Gasteiger partial charge in [0.2, 0.25) is 10.0 Å². The maximum Gasteiger partial charge on any atom is 0.338 e.